The molecule has 1 rings (SSSR count). The van der Waals surface area contributed by atoms with Gasteiger partial charge in [-0.2, -0.15) is 0 Å². The van der Waals surface area contributed by atoms with Crippen LogP contribution in [0.5, 0.6) is 0 Å². The first-order chi connectivity index (χ1) is 7.87. The Balaban J connectivity index is 2.58. The van der Waals surface area contributed by atoms with Crippen LogP contribution >= 0.6 is 0 Å². The molecule has 17 heavy (non-hydrogen) atoms. The average Bonchev–Trinajstić information content (AvgIpc) is 2.59. The van der Waals surface area contributed by atoms with Gasteiger partial charge in [-0.3, -0.25) is 0 Å². The largest absolute Gasteiger partial charge is 0.444 e. The number of amides is 1. The summed E-state index contributed by atoms with van der Waals surface area (Å²) in [5, 5.41) is 0. The first kappa shape index (κ1) is 13.9. The highest BCUT2D eigenvalue weighted by molar-refractivity contribution is 5.68. The molecule has 0 unspecified atom stereocenters. The van der Waals surface area contributed by atoms with Crippen molar-refractivity contribution in [2.24, 2.45) is 5.92 Å². The molecule has 0 spiro atoms. The summed E-state index contributed by atoms with van der Waals surface area (Å²) < 4.78 is 10.8. The number of hydrogen-bond donors (Lipinski definition) is 0. The molecule has 1 aliphatic rings. The molecule has 0 N–H and O–H groups in total. The highest BCUT2D eigenvalue weighted by atomic mass is 16.6. The lowest BCUT2D eigenvalue weighted by Crippen LogP contribution is -2.36. The SMILES string of the molecule is C#C[C@@H]1CN(C(=O)OC(C)(C)C)C[C@H]1OCC. The molecule has 0 aromatic rings. The van der Waals surface area contributed by atoms with Gasteiger partial charge < -0.3 is 14.4 Å². The Hall–Kier alpha value is -1.21. The highest BCUT2D eigenvalue weighted by Crippen LogP contribution is 2.21. The zero-order valence-electron chi connectivity index (χ0n) is 11.0. The van der Waals surface area contributed by atoms with Crippen LogP contribution in [0.4, 0.5) is 4.79 Å². The van der Waals surface area contributed by atoms with Crippen molar-refractivity contribution in [3.63, 3.8) is 0 Å². The minimum Gasteiger partial charge on any atom is -0.444 e. The zero-order valence-corrected chi connectivity index (χ0v) is 11.0. The molecular weight excluding hydrogens is 218 g/mol. The molecule has 1 heterocycles. The Morgan fingerprint density at radius 1 is 1.47 bits per heavy atom. The molecule has 0 aliphatic carbocycles. The number of likely N-dealkylation sites (tertiary alicyclic amines) is 1. The number of carbonyl (C=O) groups is 1. The molecule has 0 saturated carbocycles. The van der Waals surface area contributed by atoms with Crippen LogP contribution in [0.2, 0.25) is 0 Å². The molecular formula is C13H21NO3. The maximum atomic E-state index is 11.9. The highest BCUT2D eigenvalue weighted by Gasteiger charge is 2.36. The maximum absolute atomic E-state index is 11.9. The first-order valence-corrected chi connectivity index (χ1v) is 5.93. The minimum absolute atomic E-state index is 0.0394. The molecule has 4 nitrogen and oxygen atoms in total. The van der Waals surface area contributed by atoms with Gasteiger partial charge in [0, 0.05) is 13.2 Å². The van der Waals surface area contributed by atoms with Crippen LogP contribution in [0, 0.1) is 18.3 Å². The number of ether oxygens (including phenoxy) is 2. The standard InChI is InChI=1S/C13H21NO3/c1-6-10-8-14(9-11(10)16-7-2)12(15)17-13(3,4)5/h1,10-11H,7-9H2,2-5H3/t10-,11-/m1/s1. The van der Waals surface area contributed by atoms with Crippen molar-refractivity contribution < 1.29 is 14.3 Å². The first-order valence-electron chi connectivity index (χ1n) is 5.93. The number of hydrogen-bond acceptors (Lipinski definition) is 3. The van der Waals surface area contributed by atoms with Crippen LogP contribution in [-0.2, 0) is 9.47 Å². The van der Waals surface area contributed by atoms with Crippen LogP contribution in [0.15, 0.2) is 0 Å². The Morgan fingerprint density at radius 3 is 2.59 bits per heavy atom. The zero-order chi connectivity index (χ0) is 13.1. The summed E-state index contributed by atoms with van der Waals surface area (Å²) in [6.07, 6.45) is 5.04. The summed E-state index contributed by atoms with van der Waals surface area (Å²) in [6.45, 7) is 9.08. The third-order valence-corrected chi connectivity index (χ3v) is 2.51. The van der Waals surface area contributed by atoms with Crippen molar-refractivity contribution in [2.75, 3.05) is 19.7 Å². The molecule has 96 valence electrons. The van der Waals surface area contributed by atoms with Crippen molar-refractivity contribution in [1.29, 1.82) is 0 Å². The topological polar surface area (TPSA) is 38.8 Å². The second-order valence-corrected chi connectivity index (χ2v) is 5.15. The van der Waals surface area contributed by atoms with Gasteiger partial charge in [0.15, 0.2) is 0 Å². The molecule has 1 amide bonds. The van der Waals surface area contributed by atoms with Gasteiger partial charge in [-0.15, -0.1) is 6.42 Å². The lowest BCUT2D eigenvalue weighted by molar-refractivity contribution is 0.0216. The fourth-order valence-corrected chi connectivity index (χ4v) is 1.79. The van der Waals surface area contributed by atoms with Gasteiger partial charge >= 0.3 is 6.09 Å². The lowest BCUT2D eigenvalue weighted by Gasteiger charge is -2.24. The van der Waals surface area contributed by atoms with Crippen LogP contribution in [-0.4, -0.2) is 42.4 Å². The average molecular weight is 239 g/mol. The molecule has 2 atom stereocenters. The Morgan fingerprint density at radius 2 is 2.12 bits per heavy atom. The van der Waals surface area contributed by atoms with Crippen molar-refractivity contribution >= 4 is 6.09 Å². The Kier molecular flexibility index (Phi) is 4.41. The predicted molar refractivity (Wildman–Crippen MR) is 65.5 cm³/mol. The van der Waals surface area contributed by atoms with Crippen molar-refractivity contribution in [3.05, 3.63) is 0 Å². The molecule has 0 bridgehead atoms. The van der Waals surface area contributed by atoms with Gasteiger partial charge in [-0.1, -0.05) is 5.92 Å². The van der Waals surface area contributed by atoms with E-state index in [9.17, 15) is 4.79 Å². The van der Waals surface area contributed by atoms with E-state index in [0.29, 0.717) is 19.7 Å². The number of terminal acetylenes is 1. The maximum Gasteiger partial charge on any atom is 0.410 e. The lowest BCUT2D eigenvalue weighted by atomic mass is 10.1. The van der Waals surface area contributed by atoms with Gasteiger partial charge in [0.1, 0.15) is 5.60 Å². The van der Waals surface area contributed by atoms with E-state index in [1.807, 2.05) is 27.7 Å². The molecule has 1 saturated heterocycles. The second-order valence-electron chi connectivity index (χ2n) is 5.15. The smallest absolute Gasteiger partial charge is 0.410 e. The summed E-state index contributed by atoms with van der Waals surface area (Å²) >= 11 is 0. The number of rotatable bonds is 2. The Labute approximate surface area is 103 Å². The summed E-state index contributed by atoms with van der Waals surface area (Å²) in [4.78, 5) is 13.5. The van der Waals surface area contributed by atoms with Crippen molar-refractivity contribution in [3.8, 4) is 12.3 Å². The Bertz CT molecular complexity index is 314. The third-order valence-electron chi connectivity index (χ3n) is 2.51. The fraction of sp³-hybridized carbons (Fsp3) is 0.769. The van der Waals surface area contributed by atoms with Crippen LogP contribution < -0.4 is 0 Å². The van der Waals surface area contributed by atoms with Gasteiger partial charge in [0.2, 0.25) is 0 Å². The van der Waals surface area contributed by atoms with Gasteiger partial charge in [-0.05, 0) is 27.7 Å². The second kappa shape index (κ2) is 5.42. The number of carbonyl (C=O) groups excluding carboxylic acids is 1. The molecule has 0 aromatic heterocycles. The van der Waals surface area contributed by atoms with E-state index in [1.165, 1.54) is 0 Å². The van der Waals surface area contributed by atoms with E-state index in [4.69, 9.17) is 15.9 Å². The van der Waals surface area contributed by atoms with E-state index in [2.05, 4.69) is 5.92 Å². The normalized spacial score (nSPS) is 24.5. The van der Waals surface area contributed by atoms with E-state index >= 15 is 0 Å². The minimum atomic E-state index is -0.480. The monoisotopic (exact) mass is 239 g/mol. The predicted octanol–water partition coefficient (Wildman–Crippen LogP) is 1.89. The molecule has 4 heteroatoms. The molecule has 0 aromatic carbocycles. The van der Waals surface area contributed by atoms with E-state index in [0.717, 1.165) is 0 Å². The van der Waals surface area contributed by atoms with E-state index in [1.54, 1.807) is 4.90 Å². The van der Waals surface area contributed by atoms with Crippen LogP contribution in [0.3, 0.4) is 0 Å². The molecule has 1 fully saturated rings. The molecule has 1 aliphatic heterocycles. The quantitative estimate of drug-likeness (QED) is 0.691. The summed E-state index contributed by atoms with van der Waals surface area (Å²) in [6, 6.07) is 0. The van der Waals surface area contributed by atoms with Crippen LogP contribution in [0.1, 0.15) is 27.7 Å². The van der Waals surface area contributed by atoms with Crippen molar-refractivity contribution in [1.82, 2.24) is 4.90 Å². The fourth-order valence-electron chi connectivity index (χ4n) is 1.79. The van der Waals surface area contributed by atoms with Crippen LogP contribution in [0.25, 0.3) is 0 Å². The van der Waals surface area contributed by atoms with E-state index in [-0.39, 0.29) is 18.1 Å². The van der Waals surface area contributed by atoms with Gasteiger partial charge in [0.25, 0.3) is 0 Å². The van der Waals surface area contributed by atoms with Crippen molar-refractivity contribution in [2.45, 2.75) is 39.4 Å². The van der Waals surface area contributed by atoms with E-state index < -0.39 is 5.60 Å². The molecule has 0 radical (unpaired) electrons. The number of nitrogens with zero attached hydrogens (tertiary/aromatic N) is 1. The third kappa shape index (κ3) is 3.94. The van der Waals surface area contributed by atoms with Gasteiger partial charge in [0.05, 0.1) is 18.6 Å². The summed E-state index contributed by atoms with van der Waals surface area (Å²) in [5.74, 6) is 2.63. The van der Waals surface area contributed by atoms with Gasteiger partial charge in [-0.25, -0.2) is 4.79 Å². The summed E-state index contributed by atoms with van der Waals surface area (Å²) in [5.41, 5.74) is -0.480. The summed E-state index contributed by atoms with van der Waals surface area (Å²) in [7, 11) is 0.